The maximum Gasteiger partial charge on any atom is 0.356 e. The minimum Gasteiger partial charge on any atom is -0.443 e. The molecule has 0 spiro atoms. The third-order valence-electron chi connectivity index (χ3n) is 4.12. The standard InChI is InChI=1S/C18H20N2O3/c1-19-11-7-10-15(19)18(22)23-16(14-8-3-2-4-9-14)17(21)20-12-5-6-13-20/h2-4,7-11,16H,5-6,12-13H2,1H3/t16-/m0/s1. The van der Waals surface area contributed by atoms with Crippen molar-refractivity contribution in [3.05, 3.63) is 59.9 Å². The lowest BCUT2D eigenvalue weighted by Gasteiger charge is -2.23. The van der Waals surface area contributed by atoms with Crippen molar-refractivity contribution in [3.63, 3.8) is 0 Å². The second-order valence-electron chi connectivity index (χ2n) is 5.73. The third-order valence-corrected chi connectivity index (χ3v) is 4.12. The van der Waals surface area contributed by atoms with E-state index in [0.29, 0.717) is 11.3 Å². The fourth-order valence-corrected chi connectivity index (χ4v) is 2.83. The van der Waals surface area contributed by atoms with Crippen molar-refractivity contribution in [3.8, 4) is 0 Å². The second-order valence-corrected chi connectivity index (χ2v) is 5.73. The molecular formula is C18H20N2O3. The second kappa shape index (κ2) is 6.69. The number of hydrogen-bond acceptors (Lipinski definition) is 3. The molecular weight excluding hydrogens is 292 g/mol. The highest BCUT2D eigenvalue weighted by molar-refractivity contribution is 5.91. The van der Waals surface area contributed by atoms with Crippen LogP contribution < -0.4 is 0 Å². The molecule has 5 heteroatoms. The molecule has 2 aromatic rings. The normalized spacial score (nSPS) is 15.4. The Morgan fingerprint density at radius 1 is 1.04 bits per heavy atom. The number of ether oxygens (including phenoxy) is 1. The topological polar surface area (TPSA) is 51.5 Å². The molecule has 1 fully saturated rings. The highest BCUT2D eigenvalue weighted by atomic mass is 16.5. The number of carbonyl (C=O) groups is 2. The van der Waals surface area contributed by atoms with Crippen LogP contribution in [-0.4, -0.2) is 34.4 Å². The summed E-state index contributed by atoms with van der Waals surface area (Å²) in [6.45, 7) is 1.45. The molecule has 5 nitrogen and oxygen atoms in total. The Morgan fingerprint density at radius 2 is 1.74 bits per heavy atom. The van der Waals surface area contributed by atoms with Crippen LogP contribution in [0.2, 0.25) is 0 Å². The average Bonchev–Trinajstić information content (AvgIpc) is 3.24. The molecule has 1 atom stereocenters. The predicted molar refractivity (Wildman–Crippen MR) is 85.8 cm³/mol. The van der Waals surface area contributed by atoms with Crippen LogP contribution in [0.3, 0.4) is 0 Å². The van der Waals surface area contributed by atoms with Gasteiger partial charge in [-0.15, -0.1) is 0 Å². The smallest absolute Gasteiger partial charge is 0.356 e. The van der Waals surface area contributed by atoms with Crippen LogP contribution in [0.15, 0.2) is 48.7 Å². The maximum atomic E-state index is 12.8. The van der Waals surface area contributed by atoms with Gasteiger partial charge >= 0.3 is 5.97 Å². The largest absolute Gasteiger partial charge is 0.443 e. The third kappa shape index (κ3) is 3.28. The van der Waals surface area contributed by atoms with Crippen molar-refractivity contribution in [1.29, 1.82) is 0 Å². The summed E-state index contributed by atoms with van der Waals surface area (Å²) in [5, 5.41) is 0. The molecule has 3 rings (SSSR count). The molecule has 1 aliphatic heterocycles. The number of amides is 1. The summed E-state index contributed by atoms with van der Waals surface area (Å²) in [5.74, 6) is -0.629. The maximum absolute atomic E-state index is 12.8. The van der Waals surface area contributed by atoms with Gasteiger partial charge < -0.3 is 14.2 Å². The van der Waals surface area contributed by atoms with Gasteiger partial charge in [0.15, 0.2) is 0 Å². The number of benzene rings is 1. The molecule has 2 heterocycles. The Morgan fingerprint density at radius 3 is 2.35 bits per heavy atom. The van der Waals surface area contributed by atoms with E-state index in [4.69, 9.17) is 4.74 Å². The fraction of sp³-hybridized carbons (Fsp3) is 0.333. The van der Waals surface area contributed by atoms with E-state index in [1.54, 1.807) is 34.8 Å². The van der Waals surface area contributed by atoms with E-state index >= 15 is 0 Å². The number of hydrogen-bond donors (Lipinski definition) is 0. The van der Waals surface area contributed by atoms with Crippen LogP contribution in [0.1, 0.15) is 35.0 Å². The van der Waals surface area contributed by atoms with Gasteiger partial charge in [-0.3, -0.25) is 4.79 Å². The Bertz CT molecular complexity index is 687. The first-order valence-corrected chi connectivity index (χ1v) is 7.83. The quantitative estimate of drug-likeness (QED) is 0.815. The van der Waals surface area contributed by atoms with Crippen LogP contribution in [0, 0.1) is 0 Å². The Hall–Kier alpha value is -2.56. The van der Waals surface area contributed by atoms with E-state index in [-0.39, 0.29) is 5.91 Å². The molecule has 0 N–H and O–H groups in total. The van der Waals surface area contributed by atoms with Gasteiger partial charge in [0.2, 0.25) is 6.10 Å². The van der Waals surface area contributed by atoms with Gasteiger partial charge in [-0.05, 0) is 25.0 Å². The van der Waals surface area contributed by atoms with E-state index in [9.17, 15) is 9.59 Å². The minimum atomic E-state index is -0.892. The van der Waals surface area contributed by atoms with Crippen molar-refractivity contribution < 1.29 is 14.3 Å². The Kier molecular flexibility index (Phi) is 4.46. The van der Waals surface area contributed by atoms with E-state index < -0.39 is 12.1 Å². The van der Waals surface area contributed by atoms with Crippen molar-refractivity contribution in [2.45, 2.75) is 18.9 Å². The first-order valence-electron chi connectivity index (χ1n) is 7.83. The first-order chi connectivity index (χ1) is 11.2. The molecule has 1 amide bonds. The summed E-state index contributed by atoms with van der Waals surface area (Å²) in [7, 11) is 1.77. The molecule has 1 saturated heterocycles. The van der Waals surface area contributed by atoms with Gasteiger partial charge in [0, 0.05) is 31.9 Å². The zero-order valence-electron chi connectivity index (χ0n) is 13.1. The van der Waals surface area contributed by atoms with Gasteiger partial charge in [0.1, 0.15) is 5.69 Å². The first kappa shape index (κ1) is 15.3. The van der Waals surface area contributed by atoms with Crippen LogP contribution in [0.5, 0.6) is 0 Å². The van der Waals surface area contributed by atoms with E-state index in [1.165, 1.54) is 0 Å². The molecule has 0 aliphatic carbocycles. The number of likely N-dealkylation sites (tertiary alicyclic amines) is 1. The van der Waals surface area contributed by atoms with Gasteiger partial charge in [0.25, 0.3) is 5.91 Å². The SMILES string of the molecule is Cn1cccc1C(=O)O[C@H](C(=O)N1CCCC1)c1ccccc1. The average molecular weight is 312 g/mol. The molecule has 1 aromatic heterocycles. The number of rotatable bonds is 4. The van der Waals surface area contributed by atoms with Crippen molar-refractivity contribution in [2.75, 3.05) is 13.1 Å². The van der Waals surface area contributed by atoms with Gasteiger partial charge in [-0.25, -0.2) is 4.79 Å². The number of aromatic nitrogens is 1. The zero-order chi connectivity index (χ0) is 16.2. The number of nitrogens with zero attached hydrogens (tertiary/aromatic N) is 2. The van der Waals surface area contributed by atoms with Gasteiger partial charge in [0.05, 0.1) is 0 Å². The molecule has 1 aromatic carbocycles. The van der Waals surface area contributed by atoms with Gasteiger partial charge in [-0.2, -0.15) is 0 Å². The molecule has 1 aliphatic rings. The van der Waals surface area contributed by atoms with Crippen molar-refractivity contribution in [2.24, 2.45) is 7.05 Å². The Labute approximate surface area is 135 Å². The lowest BCUT2D eigenvalue weighted by molar-refractivity contribution is -0.140. The number of carbonyl (C=O) groups excluding carboxylic acids is 2. The van der Waals surface area contributed by atoms with Crippen molar-refractivity contribution in [1.82, 2.24) is 9.47 Å². The molecule has 0 unspecified atom stereocenters. The van der Waals surface area contributed by atoms with Crippen LogP contribution in [-0.2, 0) is 16.6 Å². The zero-order valence-corrected chi connectivity index (χ0v) is 13.1. The highest BCUT2D eigenvalue weighted by Gasteiger charge is 2.31. The van der Waals surface area contributed by atoms with E-state index in [2.05, 4.69) is 0 Å². The summed E-state index contributed by atoms with van der Waals surface area (Å²) in [6, 6.07) is 12.7. The summed E-state index contributed by atoms with van der Waals surface area (Å²) < 4.78 is 7.27. The molecule has 0 saturated carbocycles. The minimum absolute atomic E-state index is 0.142. The molecule has 0 radical (unpaired) electrons. The van der Waals surface area contributed by atoms with Gasteiger partial charge in [-0.1, -0.05) is 30.3 Å². The Balaban J connectivity index is 1.84. The summed E-state index contributed by atoms with van der Waals surface area (Å²) >= 11 is 0. The highest BCUT2D eigenvalue weighted by Crippen LogP contribution is 2.24. The predicted octanol–water partition coefficient (Wildman–Crippen LogP) is 2.55. The molecule has 23 heavy (non-hydrogen) atoms. The van der Waals surface area contributed by atoms with Crippen molar-refractivity contribution >= 4 is 11.9 Å². The van der Waals surface area contributed by atoms with Crippen LogP contribution in [0.25, 0.3) is 0 Å². The summed E-state index contributed by atoms with van der Waals surface area (Å²) in [6.07, 6.45) is 2.88. The monoisotopic (exact) mass is 312 g/mol. The van der Waals surface area contributed by atoms with Crippen LogP contribution >= 0.6 is 0 Å². The molecule has 0 bridgehead atoms. The summed E-state index contributed by atoms with van der Waals surface area (Å²) in [5.41, 5.74) is 1.13. The van der Waals surface area contributed by atoms with E-state index in [0.717, 1.165) is 25.9 Å². The summed E-state index contributed by atoms with van der Waals surface area (Å²) in [4.78, 5) is 27.0. The fourth-order valence-electron chi connectivity index (χ4n) is 2.83. The van der Waals surface area contributed by atoms with E-state index in [1.807, 2.05) is 30.3 Å². The number of esters is 1. The molecule has 120 valence electrons. The lowest BCUT2D eigenvalue weighted by atomic mass is 10.1. The lowest BCUT2D eigenvalue weighted by Crippen LogP contribution is -2.35. The number of aryl methyl sites for hydroxylation is 1. The van der Waals surface area contributed by atoms with Crippen LogP contribution in [0.4, 0.5) is 0 Å².